The van der Waals surface area contributed by atoms with Gasteiger partial charge in [0.2, 0.25) is 17.8 Å². The van der Waals surface area contributed by atoms with E-state index in [1.165, 1.54) is 23.9 Å². The average molecular weight is 401 g/mol. The maximum Gasteiger partial charge on any atom is 0.248 e. The van der Waals surface area contributed by atoms with Crippen molar-refractivity contribution in [3.05, 3.63) is 6.33 Å². The second kappa shape index (κ2) is 10.6. The number of ether oxygens (including phenoxy) is 1. The summed E-state index contributed by atoms with van der Waals surface area (Å²) >= 11 is 0. The number of anilines is 1. The SMILES string of the molecule is Cl.NC(C(=O)Nc1ncn(CC(=O)N2CCCCCC2)n1)C1CCOCC1. The molecule has 0 bridgehead atoms. The van der Waals surface area contributed by atoms with Gasteiger partial charge in [0.05, 0.1) is 6.04 Å². The number of nitrogens with one attached hydrogen (secondary N) is 1. The Morgan fingerprint density at radius 3 is 2.56 bits per heavy atom. The van der Waals surface area contributed by atoms with E-state index in [1.807, 2.05) is 4.90 Å². The van der Waals surface area contributed by atoms with Gasteiger partial charge in [0.15, 0.2) is 0 Å². The monoisotopic (exact) mass is 400 g/mol. The van der Waals surface area contributed by atoms with E-state index in [-0.39, 0.29) is 42.6 Å². The number of aromatic nitrogens is 3. The van der Waals surface area contributed by atoms with Crippen molar-refractivity contribution < 1.29 is 14.3 Å². The molecule has 0 spiro atoms. The van der Waals surface area contributed by atoms with Gasteiger partial charge in [-0.15, -0.1) is 17.5 Å². The lowest BCUT2D eigenvalue weighted by Gasteiger charge is -2.26. The molecule has 152 valence electrons. The van der Waals surface area contributed by atoms with Gasteiger partial charge in [-0.1, -0.05) is 12.8 Å². The molecule has 1 atom stereocenters. The second-order valence-corrected chi connectivity index (χ2v) is 7.03. The average Bonchev–Trinajstić information content (AvgIpc) is 2.92. The first-order valence-electron chi connectivity index (χ1n) is 9.45. The Bertz CT molecular complexity index is 612. The normalized spacial score (nSPS) is 19.7. The largest absolute Gasteiger partial charge is 0.381 e. The van der Waals surface area contributed by atoms with Crippen molar-refractivity contribution in [3.63, 3.8) is 0 Å². The molecule has 0 radical (unpaired) electrons. The maximum absolute atomic E-state index is 12.4. The number of nitrogens with zero attached hydrogens (tertiary/aromatic N) is 4. The third-order valence-electron chi connectivity index (χ3n) is 5.10. The number of carbonyl (C=O) groups is 2. The summed E-state index contributed by atoms with van der Waals surface area (Å²) in [5.74, 6) is 0.0266. The molecule has 10 heteroatoms. The summed E-state index contributed by atoms with van der Waals surface area (Å²) in [7, 11) is 0. The van der Waals surface area contributed by atoms with Crippen molar-refractivity contribution in [2.24, 2.45) is 11.7 Å². The summed E-state index contributed by atoms with van der Waals surface area (Å²) in [6.45, 7) is 3.01. The van der Waals surface area contributed by atoms with Gasteiger partial charge in [-0.2, -0.15) is 0 Å². The number of carbonyl (C=O) groups excluding carboxylic acids is 2. The van der Waals surface area contributed by atoms with Gasteiger partial charge in [0.1, 0.15) is 12.9 Å². The molecule has 0 aliphatic carbocycles. The minimum atomic E-state index is -0.607. The summed E-state index contributed by atoms with van der Waals surface area (Å²) in [5.41, 5.74) is 6.05. The molecule has 1 aromatic heterocycles. The molecular formula is C17H29ClN6O3. The van der Waals surface area contributed by atoms with Crippen LogP contribution in [0.3, 0.4) is 0 Å². The third-order valence-corrected chi connectivity index (χ3v) is 5.10. The van der Waals surface area contributed by atoms with E-state index in [1.54, 1.807) is 0 Å². The Morgan fingerprint density at radius 1 is 1.22 bits per heavy atom. The Balaban J connectivity index is 0.00000261. The highest BCUT2D eigenvalue weighted by molar-refractivity contribution is 5.93. The molecule has 3 heterocycles. The summed E-state index contributed by atoms with van der Waals surface area (Å²) in [4.78, 5) is 30.6. The molecule has 1 unspecified atom stereocenters. The molecule has 2 amide bonds. The predicted octanol–water partition coefficient (Wildman–Crippen LogP) is 0.795. The van der Waals surface area contributed by atoms with Gasteiger partial charge in [-0.25, -0.2) is 9.67 Å². The molecule has 0 aromatic carbocycles. The van der Waals surface area contributed by atoms with E-state index in [2.05, 4.69) is 15.4 Å². The number of hydrogen-bond donors (Lipinski definition) is 2. The van der Waals surface area contributed by atoms with Crippen LogP contribution in [0.15, 0.2) is 6.33 Å². The molecule has 3 rings (SSSR count). The minimum absolute atomic E-state index is 0. The van der Waals surface area contributed by atoms with E-state index in [9.17, 15) is 9.59 Å². The number of hydrogen-bond acceptors (Lipinski definition) is 6. The lowest BCUT2D eigenvalue weighted by atomic mass is 9.92. The highest BCUT2D eigenvalue weighted by Gasteiger charge is 2.27. The molecular weight excluding hydrogens is 372 g/mol. The smallest absolute Gasteiger partial charge is 0.248 e. The zero-order valence-corrected chi connectivity index (χ0v) is 16.3. The van der Waals surface area contributed by atoms with Crippen molar-refractivity contribution >= 4 is 30.2 Å². The standard InChI is InChI=1S/C17H28N6O3.ClH/c18-15(13-5-9-26-10-6-13)16(25)20-17-19-12-23(21-17)11-14(24)22-7-3-1-2-4-8-22;/h12-13,15H,1-11,18H2,(H,20,21,25);1H. The minimum Gasteiger partial charge on any atom is -0.381 e. The van der Waals surface area contributed by atoms with Gasteiger partial charge >= 0.3 is 0 Å². The van der Waals surface area contributed by atoms with Crippen LogP contribution in [-0.2, 0) is 20.9 Å². The maximum atomic E-state index is 12.4. The van der Waals surface area contributed by atoms with Gasteiger partial charge in [-0.3, -0.25) is 14.9 Å². The first-order chi connectivity index (χ1) is 12.6. The van der Waals surface area contributed by atoms with Gasteiger partial charge in [0, 0.05) is 26.3 Å². The fraction of sp³-hybridized carbons (Fsp3) is 0.765. The van der Waals surface area contributed by atoms with Gasteiger partial charge < -0.3 is 15.4 Å². The van der Waals surface area contributed by atoms with Crippen molar-refractivity contribution in [3.8, 4) is 0 Å². The predicted molar refractivity (Wildman–Crippen MR) is 102 cm³/mol. The Hall–Kier alpha value is -1.71. The second-order valence-electron chi connectivity index (χ2n) is 7.03. The number of amides is 2. The fourth-order valence-corrected chi connectivity index (χ4v) is 3.47. The van der Waals surface area contributed by atoms with E-state index in [4.69, 9.17) is 10.5 Å². The summed E-state index contributed by atoms with van der Waals surface area (Å²) < 4.78 is 6.76. The quantitative estimate of drug-likeness (QED) is 0.755. The molecule has 3 N–H and O–H groups in total. The molecule has 1 aromatic rings. The number of rotatable bonds is 5. The van der Waals surface area contributed by atoms with E-state index in [0.29, 0.717) is 13.2 Å². The van der Waals surface area contributed by atoms with Crippen LogP contribution in [-0.4, -0.2) is 63.8 Å². The number of halogens is 1. The highest BCUT2D eigenvalue weighted by atomic mass is 35.5. The first kappa shape index (κ1) is 21.6. The Kier molecular flexibility index (Phi) is 8.46. The van der Waals surface area contributed by atoms with Gasteiger partial charge in [0.25, 0.3) is 0 Å². The number of likely N-dealkylation sites (tertiary alicyclic amines) is 1. The molecule has 0 saturated carbocycles. The molecule has 9 nitrogen and oxygen atoms in total. The van der Waals surface area contributed by atoms with Crippen LogP contribution in [0, 0.1) is 5.92 Å². The summed E-state index contributed by atoms with van der Waals surface area (Å²) in [6, 6.07) is -0.607. The topological polar surface area (TPSA) is 115 Å². The van der Waals surface area contributed by atoms with Crippen LogP contribution < -0.4 is 11.1 Å². The molecule has 27 heavy (non-hydrogen) atoms. The van der Waals surface area contributed by atoms with E-state index in [0.717, 1.165) is 38.8 Å². The van der Waals surface area contributed by atoms with Crippen LogP contribution in [0.5, 0.6) is 0 Å². The van der Waals surface area contributed by atoms with Crippen molar-refractivity contribution in [1.29, 1.82) is 0 Å². The van der Waals surface area contributed by atoms with Crippen molar-refractivity contribution in [2.75, 3.05) is 31.6 Å². The zero-order chi connectivity index (χ0) is 18.4. The van der Waals surface area contributed by atoms with E-state index < -0.39 is 6.04 Å². The summed E-state index contributed by atoms with van der Waals surface area (Å²) in [5, 5.41) is 6.83. The zero-order valence-electron chi connectivity index (χ0n) is 15.5. The van der Waals surface area contributed by atoms with Crippen LogP contribution in [0.4, 0.5) is 5.95 Å². The van der Waals surface area contributed by atoms with E-state index >= 15 is 0 Å². The first-order valence-corrected chi connectivity index (χ1v) is 9.45. The lowest BCUT2D eigenvalue weighted by Crippen LogP contribution is -2.44. The molecule has 2 aliphatic rings. The lowest BCUT2D eigenvalue weighted by molar-refractivity contribution is -0.132. The Morgan fingerprint density at radius 2 is 1.89 bits per heavy atom. The molecule has 2 saturated heterocycles. The highest BCUT2D eigenvalue weighted by Crippen LogP contribution is 2.18. The number of nitrogens with two attached hydrogens (primary N) is 1. The van der Waals surface area contributed by atoms with Crippen molar-refractivity contribution in [2.45, 2.75) is 51.1 Å². The van der Waals surface area contributed by atoms with Crippen LogP contribution >= 0.6 is 12.4 Å². The van der Waals surface area contributed by atoms with Crippen LogP contribution in [0.25, 0.3) is 0 Å². The van der Waals surface area contributed by atoms with Gasteiger partial charge in [-0.05, 0) is 31.6 Å². The van der Waals surface area contributed by atoms with Crippen molar-refractivity contribution in [1.82, 2.24) is 19.7 Å². The Labute approximate surface area is 165 Å². The van der Waals surface area contributed by atoms with Crippen LogP contribution in [0.1, 0.15) is 38.5 Å². The summed E-state index contributed by atoms with van der Waals surface area (Å²) in [6.07, 6.45) is 7.48. The van der Waals surface area contributed by atoms with Crippen LogP contribution in [0.2, 0.25) is 0 Å². The third kappa shape index (κ3) is 6.15. The molecule has 2 fully saturated rings. The fourth-order valence-electron chi connectivity index (χ4n) is 3.47. The molecule has 2 aliphatic heterocycles.